The summed E-state index contributed by atoms with van der Waals surface area (Å²) in [6.07, 6.45) is 0.847. The van der Waals surface area contributed by atoms with E-state index in [1.54, 1.807) is 6.92 Å². The Morgan fingerprint density at radius 1 is 1.14 bits per heavy atom. The fraction of sp³-hybridized carbons (Fsp3) is 0.600. The molecular formula is C15H25N3O3. The molecule has 0 spiro atoms. The number of urea groups is 1. The largest absolute Gasteiger partial charge is 0.464 e. The molecule has 1 aromatic rings. The van der Waals surface area contributed by atoms with Crippen molar-refractivity contribution in [2.24, 2.45) is 0 Å². The van der Waals surface area contributed by atoms with Crippen LogP contribution in [0.1, 0.15) is 51.7 Å². The molecule has 0 saturated carbocycles. The first-order valence-corrected chi connectivity index (χ1v) is 7.27. The summed E-state index contributed by atoms with van der Waals surface area (Å²) in [7, 11) is 0. The predicted molar refractivity (Wildman–Crippen MR) is 80.9 cm³/mol. The highest BCUT2D eigenvalue weighted by Gasteiger charge is 2.19. The van der Waals surface area contributed by atoms with Gasteiger partial charge in [-0.3, -0.25) is 4.79 Å². The third-order valence-corrected chi connectivity index (χ3v) is 3.28. The van der Waals surface area contributed by atoms with E-state index in [1.165, 1.54) is 0 Å². The Morgan fingerprint density at radius 2 is 1.81 bits per heavy atom. The number of hydrogen-bond donors (Lipinski definition) is 3. The molecule has 0 bridgehead atoms. The standard InChI is InChI=1S/C15H25N3O3/c1-6-9(2)16-14(19)12(5)18-15(20)17-11(4)13-8-7-10(3)21-13/h7-9,11-12H,6H2,1-5H3,(H,16,19)(H2,17,18,20)/t9-,11+,12-/m0/s1. The Balaban J connectivity index is 2.44. The molecule has 6 nitrogen and oxygen atoms in total. The van der Waals surface area contributed by atoms with Crippen LogP contribution in [-0.2, 0) is 4.79 Å². The molecule has 1 rings (SSSR count). The molecule has 0 saturated heterocycles. The second-order valence-corrected chi connectivity index (χ2v) is 5.33. The van der Waals surface area contributed by atoms with E-state index < -0.39 is 12.1 Å². The van der Waals surface area contributed by atoms with Gasteiger partial charge < -0.3 is 20.4 Å². The summed E-state index contributed by atoms with van der Waals surface area (Å²) in [5, 5.41) is 8.17. The van der Waals surface area contributed by atoms with Crippen LogP contribution in [0.25, 0.3) is 0 Å². The predicted octanol–water partition coefficient (Wildman–Crippen LogP) is 2.25. The maximum atomic E-state index is 11.9. The van der Waals surface area contributed by atoms with E-state index in [0.29, 0.717) is 5.76 Å². The quantitative estimate of drug-likeness (QED) is 0.752. The molecule has 3 atom stereocenters. The lowest BCUT2D eigenvalue weighted by Gasteiger charge is -2.19. The first-order chi connectivity index (χ1) is 9.83. The molecule has 1 heterocycles. The summed E-state index contributed by atoms with van der Waals surface area (Å²) in [5.41, 5.74) is 0. The number of carbonyl (C=O) groups is 2. The lowest BCUT2D eigenvalue weighted by molar-refractivity contribution is -0.123. The summed E-state index contributed by atoms with van der Waals surface area (Å²) in [6, 6.07) is 2.50. The van der Waals surface area contributed by atoms with Gasteiger partial charge in [0.2, 0.25) is 5.91 Å². The zero-order valence-corrected chi connectivity index (χ0v) is 13.3. The topological polar surface area (TPSA) is 83.4 Å². The van der Waals surface area contributed by atoms with Gasteiger partial charge in [0.1, 0.15) is 17.6 Å². The Hall–Kier alpha value is -1.98. The first kappa shape index (κ1) is 17.1. The van der Waals surface area contributed by atoms with Gasteiger partial charge in [-0.15, -0.1) is 0 Å². The van der Waals surface area contributed by atoms with Crippen molar-refractivity contribution in [1.29, 1.82) is 0 Å². The van der Waals surface area contributed by atoms with Crippen LogP contribution in [-0.4, -0.2) is 24.0 Å². The number of hydrogen-bond acceptors (Lipinski definition) is 3. The Kier molecular flexibility index (Phi) is 6.27. The van der Waals surface area contributed by atoms with Crippen LogP contribution in [0.4, 0.5) is 4.79 Å². The average molecular weight is 295 g/mol. The van der Waals surface area contributed by atoms with E-state index in [4.69, 9.17) is 4.42 Å². The lowest BCUT2D eigenvalue weighted by Crippen LogP contribution is -2.50. The maximum Gasteiger partial charge on any atom is 0.316 e. The van der Waals surface area contributed by atoms with Gasteiger partial charge in [0.15, 0.2) is 0 Å². The van der Waals surface area contributed by atoms with Crippen molar-refractivity contribution in [2.45, 2.75) is 59.2 Å². The van der Waals surface area contributed by atoms with Gasteiger partial charge in [-0.05, 0) is 46.2 Å². The summed E-state index contributed by atoms with van der Waals surface area (Å²) >= 11 is 0. The van der Waals surface area contributed by atoms with Crippen molar-refractivity contribution >= 4 is 11.9 Å². The van der Waals surface area contributed by atoms with E-state index in [-0.39, 0.29) is 18.0 Å². The van der Waals surface area contributed by atoms with Gasteiger partial charge in [0.05, 0.1) is 6.04 Å². The normalized spacial score (nSPS) is 14.9. The SMILES string of the molecule is CC[C@H](C)NC(=O)[C@H](C)NC(=O)N[C@H](C)c1ccc(C)o1. The minimum atomic E-state index is -0.593. The number of carbonyl (C=O) groups excluding carboxylic acids is 2. The highest BCUT2D eigenvalue weighted by atomic mass is 16.3. The smallest absolute Gasteiger partial charge is 0.316 e. The van der Waals surface area contributed by atoms with Crippen LogP contribution in [0, 0.1) is 6.92 Å². The van der Waals surface area contributed by atoms with Crippen LogP contribution < -0.4 is 16.0 Å². The molecule has 1 aromatic heterocycles. The molecule has 3 amide bonds. The van der Waals surface area contributed by atoms with Crippen LogP contribution >= 0.6 is 0 Å². The molecule has 0 fully saturated rings. The number of aryl methyl sites for hydroxylation is 1. The van der Waals surface area contributed by atoms with Crippen molar-refractivity contribution in [3.05, 3.63) is 23.7 Å². The average Bonchev–Trinajstić information content (AvgIpc) is 2.84. The molecule has 0 aromatic carbocycles. The zero-order valence-electron chi connectivity index (χ0n) is 13.3. The summed E-state index contributed by atoms with van der Waals surface area (Å²) in [4.78, 5) is 23.7. The number of rotatable bonds is 6. The molecule has 0 unspecified atom stereocenters. The second-order valence-electron chi connectivity index (χ2n) is 5.33. The molecule has 0 aliphatic rings. The molecular weight excluding hydrogens is 270 g/mol. The monoisotopic (exact) mass is 295 g/mol. The van der Waals surface area contributed by atoms with E-state index in [1.807, 2.05) is 39.8 Å². The first-order valence-electron chi connectivity index (χ1n) is 7.27. The third-order valence-electron chi connectivity index (χ3n) is 3.28. The molecule has 0 radical (unpaired) electrons. The lowest BCUT2D eigenvalue weighted by atomic mass is 10.2. The number of amides is 3. The molecule has 0 aliphatic heterocycles. The number of nitrogens with one attached hydrogen (secondary N) is 3. The van der Waals surface area contributed by atoms with Gasteiger partial charge >= 0.3 is 6.03 Å². The van der Waals surface area contributed by atoms with E-state index in [0.717, 1.165) is 12.2 Å². The summed E-state index contributed by atoms with van der Waals surface area (Å²) in [6.45, 7) is 9.23. The second kappa shape index (κ2) is 7.71. The zero-order chi connectivity index (χ0) is 16.0. The molecule has 0 aliphatic carbocycles. The van der Waals surface area contributed by atoms with E-state index in [2.05, 4.69) is 16.0 Å². The van der Waals surface area contributed by atoms with Crippen molar-refractivity contribution < 1.29 is 14.0 Å². The fourth-order valence-corrected chi connectivity index (χ4v) is 1.73. The Morgan fingerprint density at radius 3 is 2.33 bits per heavy atom. The number of furan rings is 1. The summed E-state index contributed by atoms with van der Waals surface area (Å²) < 4.78 is 5.44. The Labute approximate surface area is 125 Å². The molecule has 21 heavy (non-hydrogen) atoms. The molecule has 118 valence electrons. The van der Waals surface area contributed by atoms with Gasteiger partial charge in [0.25, 0.3) is 0 Å². The van der Waals surface area contributed by atoms with Gasteiger partial charge in [-0.25, -0.2) is 4.79 Å². The summed E-state index contributed by atoms with van der Waals surface area (Å²) in [5.74, 6) is 1.28. The van der Waals surface area contributed by atoms with Gasteiger partial charge in [0, 0.05) is 6.04 Å². The fourth-order valence-electron chi connectivity index (χ4n) is 1.73. The maximum absolute atomic E-state index is 11.9. The van der Waals surface area contributed by atoms with E-state index in [9.17, 15) is 9.59 Å². The molecule has 6 heteroatoms. The van der Waals surface area contributed by atoms with E-state index >= 15 is 0 Å². The minimum absolute atomic E-state index is 0.0924. The van der Waals surface area contributed by atoms with Gasteiger partial charge in [-0.1, -0.05) is 6.92 Å². The van der Waals surface area contributed by atoms with Crippen molar-refractivity contribution in [1.82, 2.24) is 16.0 Å². The minimum Gasteiger partial charge on any atom is -0.464 e. The highest BCUT2D eigenvalue weighted by molar-refractivity contribution is 5.86. The van der Waals surface area contributed by atoms with Crippen molar-refractivity contribution in [3.8, 4) is 0 Å². The third kappa shape index (κ3) is 5.49. The van der Waals surface area contributed by atoms with Gasteiger partial charge in [-0.2, -0.15) is 0 Å². The van der Waals surface area contributed by atoms with Crippen LogP contribution in [0.3, 0.4) is 0 Å². The highest BCUT2D eigenvalue weighted by Crippen LogP contribution is 2.15. The Bertz CT molecular complexity index is 484. The van der Waals surface area contributed by atoms with Crippen LogP contribution in [0.2, 0.25) is 0 Å². The van der Waals surface area contributed by atoms with Crippen LogP contribution in [0.5, 0.6) is 0 Å². The van der Waals surface area contributed by atoms with Crippen LogP contribution in [0.15, 0.2) is 16.5 Å². The molecule has 3 N–H and O–H groups in total. The van der Waals surface area contributed by atoms with Crippen molar-refractivity contribution in [2.75, 3.05) is 0 Å². The van der Waals surface area contributed by atoms with Crippen molar-refractivity contribution in [3.63, 3.8) is 0 Å².